The first-order chi connectivity index (χ1) is 9.66. The molecule has 6 heteroatoms. The van der Waals surface area contributed by atoms with Gasteiger partial charge in [-0.3, -0.25) is 0 Å². The van der Waals surface area contributed by atoms with Crippen LogP contribution in [0.1, 0.15) is 0 Å². The Morgan fingerprint density at radius 3 is 2.80 bits per heavy atom. The first-order valence-corrected chi connectivity index (χ1v) is 6.65. The topological polar surface area (TPSA) is 76.3 Å². The van der Waals surface area contributed by atoms with E-state index >= 15 is 0 Å². The van der Waals surface area contributed by atoms with Crippen LogP contribution in [0.2, 0.25) is 0 Å². The Morgan fingerprint density at radius 1 is 1.20 bits per heavy atom. The summed E-state index contributed by atoms with van der Waals surface area (Å²) in [5.41, 5.74) is 6.55. The number of fused-ring (bicyclic) bond motifs is 1. The number of likely N-dealkylation sites (N-methyl/N-ethyl adjacent to an activating group) is 1. The highest BCUT2D eigenvalue weighted by atomic mass is 16.5. The van der Waals surface area contributed by atoms with E-state index in [1.807, 2.05) is 38.4 Å². The van der Waals surface area contributed by atoms with Gasteiger partial charge in [-0.2, -0.15) is 4.98 Å². The number of benzene rings is 1. The van der Waals surface area contributed by atoms with Crippen molar-refractivity contribution < 1.29 is 4.74 Å². The Bertz CT molecular complexity index is 558. The van der Waals surface area contributed by atoms with E-state index in [2.05, 4.69) is 20.2 Å². The van der Waals surface area contributed by atoms with Crippen molar-refractivity contribution in [1.29, 1.82) is 0 Å². The van der Waals surface area contributed by atoms with Crippen molar-refractivity contribution in [1.82, 2.24) is 14.9 Å². The minimum atomic E-state index is 0.278. The highest BCUT2D eigenvalue weighted by molar-refractivity contribution is 5.89. The maximum atomic E-state index is 5.71. The lowest BCUT2D eigenvalue weighted by Crippen LogP contribution is -2.20. The maximum Gasteiger partial charge on any atom is 0.222 e. The number of ether oxygens (including phenoxy) is 1. The van der Waals surface area contributed by atoms with Crippen molar-refractivity contribution in [3.05, 3.63) is 24.3 Å². The first-order valence-electron chi connectivity index (χ1n) is 6.65. The van der Waals surface area contributed by atoms with Gasteiger partial charge in [-0.05, 0) is 26.2 Å². The van der Waals surface area contributed by atoms with E-state index in [0.717, 1.165) is 29.9 Å². The van der Waals surface area contributed by atoms with Crippen LogP contribution in [0.4, 0.5) is 11.8 Å². The van der Waals surface area contributed by atoms with E-state index in [9.17, 15) is 0 Å². The second kappa shape index (κ2) is 7.02. The number of aromatic nitrogens is 2. The molecule has 20 heavy (non-hydrogen) atoms. The molecule has 1 aromatic carbocycles. The lowest BCUT2D eigenvalue weighted by molar-refractivity contribution is 0.126. The van der Waals surface area contributed by atoms with E-state index in [-0.39, 0.29) is 5.95 Å². The average Bonchev–Trinajstić information content (AvgIpc) is 2.42. The van der Waals surface area contributed by atoms with Crippen LogP contribution in [0.3, 0.4) is 0 Å². The smallest absolute Gasteiger partial charge is 0.222 e. The van der Waals surface area contributed by atoms with Crippen molar-refractivity contribution in [2.24, 2.45) is 0 Å². The first kappa shape index (κ1) is 14.5. The van der Waals surface area contributed by atoms with Gasteiger partial charge in [0.1, 0.15) is 5.82 Å². The standard InChI is InChI=1S/C14H21N5O/c1-19(2)8-10-20-9-7-16-13-11-5-3-4-6-12(11)17-14(15)18-13/h3-6H,7-10H2,1-2H3,(H3,15,16,17,18). The third-order valence-electron chi connectivity index (χ3n) is 2.84. The van der Waals surface area contributed by atoms with Crippen molar-refractivity contribution in [2.45, 2.75) is 0 Å². The van der Waals surface area contributed by atoms with Gasteiger partial charge in [0.2, 0.25) is 5.95 Å². The highest BCUT2D eigenvalue weighted by Gasteiger charge is 2.04. The molecule has 0 aliphatic heterocycles. The Kier molecular flexibility index (Phi) is 5.09. The molecule has 0 bridgehead atoms. The van der Waals surface area contributed by atoms with Crippen LogP contribution >= 0.6 is 0 Å². The molecule has 0 saturated heterocycles. The maximum absolute atomic E-state index is 5.71. The number of rotatable bonds is 7. The van der Waals surface area contributed by atoms with Crippen LogP contribution in [0.5, 0.6) is 0 Å². The van der Waals surface area contributed by atoms with Crippen LogP contribution < -0.4 is 11.1 Å². The number of nitrogen functional groups attached to an aromatic ring is 1. The molecule has 1 heterocycles. The molecule has 0 atom stereocenters. The number of nitrogens with zero attached hydrogens (tertiary/aromatic N) is 3. The zero-order chi connectivity index (χ0) is 14.4. The molecule has 0 saturated carbocycles. The molecule has 108 valence electrons. The number of nitrogens with one attached hydrogen (secondary N) is 1. The summed E-state index contributed by atoms with van der Waals surface area (Å²) < 4.78 is 5.53. The van der Waals surface area contributed by atoms with Crippen LogP contribution in [0.15, 0.2) is 24.3 Å². The fraction of sp³-hybridized carbons (Fsp3) is 0.429. The van der Waals surface area contributed by atoms with Gasteiger partial charge in [-0.15, -0.1) is 0 Å². The van der Waals surface area contributed by atoms with Crippen molar-refractivity contribution in [3.63, 3.8) is 0 Å². The van der Waals surface area contributed by atoms with E-state index in [1.165, 1.54) is 0 Å². The van der Waals surface area contributed by atoms with Gasteiger partial charge >= 0.3 is 0 Å². The summed E-state index contributed by atoms with van der Waals surface area (Å²) in [6.45, 7) is 2.96. The Morgan fingerprint density at radius 2 is 2.00 bits per heavy atom. The number of anilines is 2. The summed E-state index contributed by atoms with van der Waals surface area (Å²) >= 11 is 0. The molecule has 6 nitrogen and oxygen atoms in total. The average molecular weight is 275 g/mol. The SMILES string of the molecule is CN(C)CCOCCNc1nc(N)nc2ccccc12. The molecule has 2 rings (SSSR count). The monoisotopic (exact) mass is 275 g/mol. The molecule has 3 N–H and O–H groups in total. The summed E-state index contributed by atoms with van der Waals surface area (Å²) in [6.07, 6.45) is 0. The highest BCUT2D eigenvalue weighted by Crippen LogP contribution is 2.20. The molecule has 1 aromatic heterocycles. The second-order valence-corrected chi connectivity index (χ2v) is 4.79. The van der Waals surface area contributed by atoms with E-state index in [1.54, 1.807) is 0 Å². The van der Waals surface area contributed by atoms with Gasteiger partial charge in [0.15, 0.2) is 0 Å². The van der Waals surface area contributed by atoms with Crippen LogP contribution in [0, 0.1) is 0 Å². The lowest BCUT2D eigenvalue weighted by atomic mass is 10.2. The Balaban J connectivity index is 1.90. The van der Waals surface area contributed by atoms with Gasteiger partial charge < -0.3 is 20.7 Å². The predicted octanol–water partition coefficient (Wildman–Crippen LogP) is 1.20. The van der Waals surface area contributed by atoms with E-state index in [4.69, 9.17) is 10.5 Å². The molecular formula is C14H21N5O. The second-order valence-electron chi connectivity index (χ2n) is 4.79. The number of hydrogen-bond donors (Lipinski definition) is 2. The Hall–Kier alpha value is -1.92. The van der Waals surface area contributed by atoms with Gasteiger partial charge in [0.25, 0.3) is 0 Å². The quantitative estimate of drug-likeness (QED) is 0.740. The summed E-state index contributed by atoms with van der Waals surface area (Å²) in [5.74, 6) is 1.03. The van der Waals surface area contributed by atoms with Crippen molar-refractivity contribution >= 4 is 22.7 Å². The third kappa shape index (κ3) is 4.04. The number of hydrogen-bond acceptors (Lipinski definition) is 6. The fourth-order valence-corrected chi connectivity index (χ4v) is 1.82. The normalized spacial score (nSPS) is 11.2. The zero-order valence-electron chi connectivity index (χ0n) is 12.0. The van der Waals surface area contributed by atoms with Crippen LogP contribution in [0.25, 0.3) is 10.9 Å². The minimum absolute atomic E-state index is 0.278. The number of nitrogens with two attached hydrogens (primary N) is 1. The number of para-hydroxylation sites is 1. The summed E-state index contributed by atoms with van der Waals surface area (Å²) in [4.78, 5) is 10.5. The third-order valence-corrected chi connectivity index (χ3v) is 2.84. The predicted molar refractivity (Wildman–Crippen MR) is 81.8 cm³/mol. The van der Waals surface area contributed by atoms with E-state index < -0.39 is 0 Å². The van der Waals surface area contributed by atoms with Gasteiger partial charge in [0.05, 0.1) is 18.7 Å². The molecule has 0 aliphatic carbocycles. The molecule has 0 fully saturated rings. The van der Waals surface area contributed by atoms with Gasteiger partial charge in [0, 0.05) is 18.5 Å². The molecule has 0 amide bonds. The van der Waals surface area contributed by atoms with E-state index in [0.29, 0.717) is 13.2 Å². The summed E-state index contributed by atoms with van der Waals surface area (Å²) in [5, 5.41) is 4.21. The van der Waals surface area contributed by atoms with Gasteiger partial charge in [-0.25, -0.2) is 4.98 Å². The van der Waals surface area contributed by atoms with Gasteiger partial charge in [-0.1, -0.05) is 12.1 Å². The lowest BCUT2D eigenvalue weighted by Gasteiger charge is -2.11. The van der Waals surface area contributed by atoms with Crippen molar-refractivity contribution in [2.75, 3.05) is 51.4 Å². The fourth-order valence-electron chi connectivity index (χ4n) is 1.82. The minimum Gasteiger partial charge on any atom is -0.378 e. The zero-order valence-corrected chi connectivity index (χ0v) is 12.0. The molecule has 0 spiro atoms. The molecule has 0 radical (unpaired) electrons. The molecule has 0 aliphatic rings. The Labute approximate surface area is 119 Å². The van der Waals surface area contributed by atoms with Crippen LogP contribution in [-0.4, -0.2) is 55.3 Å². The molecule has 0 unspecified atom stereocenters. The molecular weight excluding hydrogens is 254 g/mol. The molecule has 2 aromatic rings. The summed E-state index contributed by atoms with van der Waals surface area (Å²) in [6, 6.07) is 7.79. The summed E-state index contributed by atoms with van der Waals surface area (Å²) in [7, 11) is 4.05. The van der Waals surface area contributed by atoms with Crippen LogP contribution in [-0.2, 0) is 4.74 Å². The van der Waals surface area contributed by atoms with Crippen molar-refractivity contribution in [3.8, 4) is 0 Å². The largest absolute Gasteiger partial charge is 0.378 e.